The molecule has 0 aliphatic carbocycles. The van der Waals surface area contributed by atoms with E-state index in [1.807, 2.05) is 48.5 Å². The van der Waals surface area contributed by atoms with Gasteiger partial charge in [-0.05, 0) is 30.5 Å². The first-order valence-electron chi connectivity index (χ1n) is 10.2. The molecule has 0 spiro atoms. The number of benzene rings is 2. The summed E-state index contributed by atoms with van der Waals surface area (Å²) in [6.45, 7) is 1.28. The van der Waals surface area contributed by atoms with Gasteiger partial charge in [-0.2, -0.15) is 0 Å². The number of nitrogens with zero attached hydrogens (tertiary/aromatic N) is 2. The number of thiazole rings is 1. The molecular weight excluding hydrogens is 398 g/mol. The summed E-state index contributed by atoms with van der Waals surface area (Å²) >= 11 is 1.70. The average Bonchev–Trinajstić information content (AvgIpc) is 3.23. The van der Waals surface area contributed by atoms with Gasteiger partial charge in [-0.15, -0.1) is 11.3 Å². The minimum absolute atomic E-state index is 0.215. The molecule has 2 amide bonds. The summed E-state index contributed by atoms with van der Waals surface area (Å²) in [4.78, 5) is 31.8. The molecule has 1 aliphatic rings. The molecule has 156 valence electrons. The van der Waals surface area contributed by atoms with Crippen molar-refractivity contribution in [3.63, 3.8) is 0 Å². The number of likely N-dealkylation sites (tertiary alicyclic amines) is 1. The van der Waals surface area contributed by atoms with Crippen molar-refractivity contribution >= 4 is 33.6 Å². The van der Waals surface area contributed by atoms with Gasteiger partial charge < -0.3 is 15.0 Å². The number of piperidine rings is 1. The number of nitrogens with one attached hydrogen (secondary N) is 1. The Morgan fingerprint density at radius 2 is 1.97 bits per heavy atom. The minimum atomic E-state index is -0.715. The molecule has 0 saturated carbocycles. The van der Waals surface area contributed by atoms with E-state index in [9.17, 15) is 9.59 Å². The zero-order valence-electron chi connectivity index (χ0n) is 16.9. The van der Waals surface area contributed by atoms with Gasteiger partial charge >= 0.3 is 12.0 Å². The molecule has 7 heteroatoms. The second kappa shape index (κ2) is 9.26. The molecule has 1 unspecified atom stereocenters. The normalized spacial score (nSPS) is 17.5. The lowest BCUT2D eigenvalue weighted by Gasteiger charge is -2.32. The highest BCUT2D eigenvalue weighted by atomic mass is 32.1. The van der Waals surface area contributed by atoms with Crippen molar-refractivity contribution in [2.45, 2.75) is 31.2 Å². The molecule has 1 saturated heterocycles. The van der Waals surface area contributed by atoms with Crippen molar-refractivity contribution in [1.29, 1.82) is 0 Å². The summed E-state index contributed by atoms with van der Waals surface area (Å²) in [5.74, 6) is -0.223. The monoisotopic (exact) mass is 423 g/mol. The number of carbonyl (C=O) groups excluding carboxylic acids is 2. The molecule has 2 heterocycles. The Morgan fingerprint density at radius 3 is 2.73 bits per heavy atom. The van der Waals surface area contributed by atoms with E-state index in [1.54, 1.807) is 16.2 Å². The Bertz CT molecular complexity index is 988. The van der Waals surface area contributed by atoms with Crippen LogP contribution in [-0.2, 0) is 16.0 Å². The third kappa shape index (κ3) is 4.62. The number of hydrogen-bond donors (Lipinski definition) is 1. The van der Waals surface area contributed by atoms with E-state index in [0.717, 1.165) is 28.9 Å². The van der Waals surface area contributed by atoms with E-state index in [4.69, 9.17) is 9.72 Å². The first-order valence-corrected chi connectivity index (χ1v) is 11.0. The van der Waals surface area contributed by atoms with Crippen LogP contribution in [0.1, 0.15) is 29.3 Å². The van der Waals surface area contributed by atoms with Gasteiger partial charge in [0.2, 0.25) is 0 Å². The number of esters is 1. The summed E-state index contributed by atoms with van der Waals surface area (Å²) in [7, 11) is 1.34. The van der Waals surface area contributed by atoms with Crippen LogP contribution in [-0.4, -0.2) is 48.1 Å². The van der Waals surface area contributed by atoms with Crippen molar-refractivity contribution < 1.29 is 14.3 Å². The van der Waals surface area contributed by atoms with Crippen molar-refractivity contribution in [3.05, 3.63) is 65.2 Å². The van der Waals surface area contributed by atoms with Crippen molar-refractivity contribution in [2.24, 2.45) is 0 Å². The molecule has 1 aliphatic heterocycles. The van der Waals surface area contributed by atoms with Crippen LogP contribution in [0.15, 0.2) is 54.6 Å². The number of aromatic nitrogens is 1. The van der Waals surface area contributed by atoms with Gasteiger partial charge in [0.05, 0.1) is 22.3 Å². The molecule has 0 bridgehead atoms. The fourth-order valence-electron chi connectivity index (χ4n) is 3.85. The van der Waals surface area contributed by atoms with Gasteiger partial charge in [0, 0.05) is 25.4 Å². The number of carbonyl (C=O) groups is 2. The first-order chi connectivity index (χ1) is 14.6. The first kappa shape index (κ1) is 20.3. The van der Waals surface area contributed by atoms with Crippen LogP contribution in [0.4, 0.5) is 4.79 Å². The van der Waals surface area contributed by atoms with Gasteiger partial charge in [0.1, 0.15) is 6.04 Å². The summed E-state index contributed by atoms with van der Waals surface area (Å²) < 4.78 is 6.09. The highest BCUT2D eigenvalue weighted by molar-refractivity contribution is 7.18. The summed E-state index contributed by atoms with van der Waals surface area (Å²) in [6.07, 6.45) is 2.32. The molecule has 2 atom stereocenters. The van der Waals surface area contributed by atoms with Gasteiger partial charge in [-0.3, -0.25) is 0 Å². The van der Waals surface area contributed by atoms with Gasteiger partial charge in [-0.25, -0.2) is 14.6 Å². The second-order valence-corrected chi connectivity index (χ2v) is 8.58. The van der Waals surface area contributed by atoms with Crippen LogP contribution in [0.25, 0.3) is 10.2 Å². The maximum Gasteiger partial charge on any atom is 0.328 e. The molecular formula is C23H25N3O3S. The van der Waals surface area contributed by atoms with Crippen molar-refractivity contribution in [1.82, 2.24) is 15.2 Å². The van der Waals surface area contributed by atoms with Gasteiger partial charge in [0.15, 0.2) is 0 Å². The van der Waals surface area contributed by atoms with E-state index < -0.39 is 12.0 Å². The van der Waals surface area contributed by atoms with Crippen molar-refractivity contribution in [2.75, 3.05) is 20.2 Å². The minimum Gasteiger partial charge on any atom is -0.467 e. The molecule has 4 rings (SSSR count). The van der Waals surface area contributed by atoms with Crippen LogP contribution >= 0.6 is 11.3 Å². The number of rotatable bonds is 5. The Labute approximate surface area is 179 Å². The smallest absolute Gasteiger partial charge is 0.328 e. The maximum absolute atomic E-state index is 13.0. The molecule has 1 N–H and O–H groups in total. The number of fused-ring (bicyclic) bond motifs is 1. The van der Waals surface area contributed by atoms with Gasteiger partial charge in [0.25, 0.3) is 0 Å². The van der Waals surface area contributed by atoms with E-state index in [0.29, 0.717) is 19.5 Å². The average molecular weight is 424 g/mol. The largest absolute Gasteiger partial charge is 0.467 e. The highest BCUT2D eigenvalue weighted by Crippen LogP contribution is 2.32. The lowest BCUT2D eigenvalue weighted by atomic mass is 9.99. The molecule has 0 radical (unpaired) electrons. The lowest BCUT2D eigenvalue weighted by molar-refractivity contribution is -0.142. The van der Waals surface area contributed by atoms with Crippen LogP contribution < -0.4 is 5.32 Å². The summed E-state index contributed by atoms with van der Waals surface area (Å²) in [5, 5.41) is 3.95. The third-order valence-corrected chi connectivity index (χ3v) is 6.63. The highest BCUT2D eigenvalue weighted by Gasteiger charge is 2.30. The van der Waals surface area contributed by atoms with Crippen LogP contribution in [0.5, 0.6) is 0 Å². The maximum atomic E-state index is 13.0. The number of para-hydroxylation sites is 1. The summed E-state index contributed by atoms with van der Waals surface area (Å²) in [6, 6.07) is 16.8. The van der Waals surface area contributed by atoms with Gasteiger partial charge in [-0.1, -0.05) is 42.5 Å². The SMILES string of the molecule is COC(=O)[C@@H](Cc1ccccc1)NC(=O)N1CCCC(c2nc3ccccc3s2)C1. The van der Waals surface area contributed by atoms with Crippen molar-refractivity contribution in [3.8, 4) is 0 Å². The molecule has 6 nitrogen and oxygen atoms in total. The molecule has 1 fully saturated rings. The fourth-order valence-corrected chi connectivity index (χ4v) is 4.95. The number of hydrogen-bond acceptors (Lipinski definition) is 5. The zero-order valence-corrected chi connectivity index (χ0v) is 17.7. The molecule has 3 aromatic rings. The number of ether oxygens (including phenoxy) is 1. The Hall–Kier alpha value is -2.93. The predicted octanol–water partition coefficient (Wildman–Crippen LogP) is 3.97. The van der Waals surface area contributed by atoms with Crippen LogP contribution in [0.2, 0.25) is 0 Å². The Kier molecular flexibility index (Phi) is 6.28. The molecule has 2 aromatic carbocycles. The Morgan fingerprint density at radius 1 is 1.20 bits per heavy atom. The van der Waals surface area contributed by atoms with Crippen LogP contribution in [0, 0.1) is 0 Å². The number of urea groups is 1. The van der Waals surface area contributed by atoms with Crippen LogP contribution in [0.3, 0.4) is 0 Å². The van der Waals surface area contributed by atoms with E-state index in [1.165, 1.54) is 11.8 Å². The van der Waals surface area contributed by atoms with E-state index in [-0.39, 0.29) is 11.9 Å². The molecule has 30 heavy (non-hydrogen) atoms. The number of methoxy groups -OCH3 is 1. The standard InChI is InChI=1S/C23H25N3O3S/c1-29-22(27)19(14-16-8-3-2-4-9-16)25-23(28)26-13-7-10-17(15-26)21-24-18-11-5-6-12-20(18)30-21/h2-6,8-9,11-12,17,19H,7,10,13-15H2,1H3,(H,25,28)/t17?,19-/m1/s1. The van der Waals surface area contributed by atoms with E-state index >= 15 is 0 Å². The third-order valence-electron chi connectivity index (χ3n) is 5.43. The lowest BCUT2D eigenvalue weighted by Crippen LogP contribution is -2.51. The fraction of sp³-hybridized carbons (Fsp3) is 0.348. The quantitative estimate of drug-likeness (QED) is 0.631. The number of amides is 2. The molecule has 1 aromatic heterocycles. The second-order valence-electron chi connectivity index (χ2n) is 7.52. The zero-order chi connectivity index (χ0) is 20.9. The topological polar surface area (TPSA) is 71.5 Å². The Balaban J connectivity index is 1.44. The summed E-state index contributed by atoms with van der Waals surface area (Å²) in [5.41, 5.74) is 1.98. The predicted molar refractivity (Wildman–Crippen MR) is 118 cm³/mol. The van der Waals surface area contributed by atoms with E-state index in [2.05, 4.69) is 11.4 Å².